The molecule has 0 unspecified atom stereocenters. The van der Waals surface area contributed by atoms with E-state index in [1.54, 1.807) is 0 Å². The molecule has 5 rings (SSSR count). The Kier molecular flexibility index (Phi) is 5.26. The average molecular weight is 420 g/mol. The molecular weight excluding hydrogens is 402 g/mol. The first-order chi connectivity index (χ1) is 15.3. The summed E-state index contributed by atoms with van der Waals surface area (Å²) < 4.78 is 0. The van der Waals surface area contributed by atoms with E-state index in [-0.39, 0.29) is 0 Å². The maximum absolute atomic E-state index is 6.10. The predicted octanol–water partition coefficient (Wildman–Crippen LogP) is 7.19. The van der Waals surface area contributed by atoms with Gasteiger partial charge in [0.05, 0.1) is 0 Å². The molecule has 1 aromatic heterocycles. The molecule has 0 fully saturated rings. The largest absolute Gasteiger partial charge is 0.208 e. The number of aromatic nitrogens is 3. The quantitative estimate of drug-likeness (QED) is 0.309. The molecule has 31 heavy (non-hydrogen) atoms. The monoisotopic (exact) mass is 419 g/mol. The third-order valence-corrected chi connectivity index (χ3v) is 5.27. The fourth-order valence-electron chi connectivity index (χ4n) is 3.49. The highest BCUT2D eigenvalue weighted by atomic mass is 35.5. The molecule has 0 spiro atoms. The van der Waals surface area contributed by atoms with Crippen molar-refractivity contribution in [1.82, 2.24) is 15.0 Å². The molecule has 0 saturated heterocycles. The van der Waals surface area contributed by atoms with E-state index in [4.69, 9.17) is 26.6 Å². The fraction of sp³-hybridized carbons (Fsp3) is 0. The molecule has 1 heterocycles. The highest BCUT2D eigenvalue weighted by molar-refractivity contribution is 6.30. The Bertz CT molecular complexity index is 1260. The van der Waals surface area contributed by atoms with Crippen LogP contribution in [0, 0.1) is 0 Å². The molecular formula is C27H18ClN3. The van der Waals surface area contributed by atoms with Gasteiger partial charge in [0.1, 0.15) is 0 Å². The Labute approximate surface area is 186 Å². The standard InChI is InChI=1S/C27H18ClN3/c28-22-17-15-19(16-18-22)23-13-7-8-14-24(23)27-30-25(20-9-3-1-4-10-20)29-26(31-27)21-11-5-2-6-12-21/h1-18H. The van der Waals surface area contributed by atoms with Gasteiger partial charge >= 0.3 is 0 Å². The van der Waals surface area contributed by atoms with Crippen LogP contribution in [-0.4, -0.2) is 15.0 Å². The van der Waals surface area contributed by atoms with Crippen LogP contribution in [0.1, 0.15) is 0 Å². The predicted molar refractivity (Wildman–Crippen MR) is 127 cm³/mol. The van der Waals surface area contributed by atoms with Crippen LogP contribution < -0.4 is 0 Å². The van der Waals surface area contributed by atoms with Crippen LogP contribution in [0.25, 0.3) is 45.3 Å². The van der Waals surface area contributed by atoms with E-state index in [9.17, 15) is 0 Å². The number of halogens is 1. The molecule has 5 aromatic rings. The van der Waals surface area contributed by atoms with Crippen LogP contribution >= 0.6 is 11.6 Å². The van der Waals surface area contributed by atoms with Crippen molar-refractivity contribution in [2.75, 3.05) is 0 Å². The Balaban J connectivity index is 1.72. The highest BCUT2D eigenvalue weighted by Crippen LogP contribution is 2.32. The van der Waals surface area contributed by atoms with Gasteiger partial charge in [-0.15, -0.1) is 0 Å². The Morgan fingerprint density at radius 1 is 0.387 bits per heavy atom. The maximum Gasteiger partial charge on any atom is 0.164 e. The van der Waals surface area contributed by atoms with Gasteiger partial charge in [0.2, 0.25) is 0 Å². The lowest BCUT2D eigenvalue weighted by atomic mass is 9.99. The minimum absolute atomic E-state index is 0.637. The van der Waals surface area contributed by atoms with Crippen LogP contribution in [0.5, 0.6) is 0 Å². The summed E-state index contributed by atoms with van der Waals surface area (Å²) in [5, 5.41) is 0.708. The van der Waals surface area contributed by atoms with Gasteiger partial charge in [0, 0.05) is 21.7 Å². The molecule has 0 atom stereocenters. The van der Waals surface area contributed by atoms with Gasteiger partial charge < -0.3 is 0 Å². The van der Waals surface area contributed by atoms with E-state index in [1.165, 1.54) is 0 Å². The number of nitrogens with zero attached hydrogens (tertiary/aromatic N) is 3. The zero-order valence-electron chi connectivity index (χ0n) is 16.6. The molecule has 3 nitrogen and oxygen atoms in total. The van der Waals surface area contributed by atoms with Crippen LogP contribution in [0.2, 0.25) is 5.02 Å². The van der Waals surface area contributed by atoms with Crippen LogP contribution in [0.4, 0.5) is 0 Å². The van der Waals surface area contributed by atoms with Crippen LogP contribution in [-0.2, 0) is 0 Å². The first-order valence-corrected chi connectivity index (χ1v) is 10.4. The highest BCUT2D eigenvalue weighted by Gasteiger charge is 2.15. The summed E-state index contributed by atoms with van der Waals surface area (Å²) in [5.41, 5.74) is 4.95. The molecule has 0 amide bonds. The van der Waals surface area contributed by atoms with Crippen molar-refractivity contribution in [2.45, 2.75) is 0 Å². The fourth-order valence-corrected chi connectivity index (χ4v) is 3.61. The van der Waals surface area contributed by atoms with E-state index in [0.29, 0.717) is 22.5 Å². The number of benzene rings is 4. The second kappa shape index (κ2) is 8.50. The van der Waals surface area contributed by atoms with E-state index >= 15 is 0 Å². The third-order valence-electron chi connectivity index (χ3n) is 5.02. The average Bonchev–Trinajstić information content (AvgIpc) is 2.85. The SMILES string of the molecule is Clc1ccc(-c2ccccc2-c2nc(-c3ccccc3)nc(-c3ccccc3)n2)cc1. The molecule has 0 aliphatic heterocycles. The molecule has 148 valence electrons. The van der Waals surface area contributed by atoms with Crippen LogP contribution in [0.3, 0.4) is 0 Å². The zero-order chi connectivity index (χ0) is 21.0. The van der Waals surface area contributed by atoms with Gasteiger partial charge in [-0.3, -0.25) is 0 Å². The second-order valence-corrected chi connectivity index (χ2v) is 7.53. The lowest BCUT2D eigenvalue weighted by molar-refractivity contribution is 1.07. The molecule has 4 aromatic carbocycles. The summed E-state index contributed by atoms with van der Waals surface area (Å²) in [5.74, 6) is 1.93. The number of hydrogen-bond acceptors (Lipinski definition) is 3. The summed E-state index contributed by atoms with van der Waals surface area (Å²) in [6, 6.07) is 35.9. The number of rotatable bonds is 4. The third kappa shape index (κ3) is 4.09. The molecule has 0 radical (unpaired) electrons. The Morgan fingerprint density at radius 2 is 0.839 bits per heavy atom. The normalized spacial score (nSPS) is 10.7. The molecule has 0 bridgehead atoms. The summed E-state index contributed by atoms with van der Waals surface area (Å²) in [7, 11) is 0. The minimum atomic E-state index is 0.637. The number of hydrogen-bond donors (Lipinski definition) is 0. The maximum atomic E-state index is 6.10. The topological polar surface area (TPSA) is 38.7 Å². The van der Waals surface area contributed by atoms with Crippen molar-refractivity contribution in [2.24, 2.45) is 0 Å². The van der Waals surface area contributed by atoms with Crippen molar-refractivity contribution in [1.29, 1.82) is 0 Å². The van der Waals surface area contributed by atoms with Gasteiger partial charge in [-0.2, -0.15) is 0 Å². The molecule has 0 saturated carbocycles. The lowest BCUT2D eigenvalue weighted by Crippen LogP contribution is -2.01. The van der Waals surface area contributed by atoms with Gasteiger partial charge in [0.15, 0.2) is 17.5 Å². The summed E-state index contributed by atoms with van der Waals surface area (Å²) in [6.07, 6.45) is 0. The summed E-state index contributed by atoms with van der Waals surface area (Å²) in [6.45, 7) is 0. The minimum Gasteiger partial charge on any atom is -0.208 e. The second-order valence-electron chi connectivity index (χ2n) is 7.09. The van der Waals surface area contributed by atoms with Crippen molar-refractivity contribution in [3.05, 3.63) is 114 Å². The summed E-state index contributed by atoms with van der Waals surface area (Å²) >= 11 is 6.10. The lowest BCUT2D eigenvalue weighted by Gasteiger charge is -2.12. The molecule has 0 aliphatic rings. The molecule has 4 heteroatoms. The Morgan fingerprint density at radius 3 is 1.39 bits per heavy atom. The van der Waals surface area contributed by atoms with E-state index in [2.05, 4.69) is 6.07 Å². The van der Waals surface area contributed by atoms with Crippen molar-refractivity contribution in [3.8, 4) is 45.3 Å². The van der Waals surface area contributed by atoms with Crippen molar-refractivity contribution >= 4 is 11.6 Å². The molecule has 0 aliphatic carbocycles. The van der Waals surface area contributed by atoms with Gasteiger partial charge in [-0.05, 0) is 23.3 Å². The van der Waals surface area contributed by atoms with Crippen LogP contribution in [0.15, 0.2) is 109 Å². The Hall–Kier alpha value is -3.82. The zero-order valence-corrected chi connectivity index (χ0v) is 17.4. The summed E-state index contributed by atoms with van der Waals surface area (Å²) in [4.78, 5) is 14.5. The first-order valence-electron chi connectivity index (χ1n) is 10.0. The van der Waals surface area contributed by atoms with E-state index < -0.39 is 0 Å². The van der Waals surface area contributed by atoms with Gasteiger partial charge in [-0.1, -0.05) is 109 Å². The molecule has 0 N–H and O–H groups in total. The van der Waals surface area contributed by atoms with E-state index in [0.717, 1.165) is 27.8 Å². The smallest absolute Gasteiger partial charge is 0.164 e. The van der Waals surface area contributed by atoms with Gasteiger partial charge in [-0.25, -0.2) is 15.0 Å². The van der Waals surface area contributed by atoms with Crippen molar-refractivity contribution < 1.29 is 0 Å². The van der Waals surface area contributed by atoms with Crippen molar-refractivity contribution in [3.63, 3.8) is 0 Å². The van der Waals surface area contributed by atoms with Gasteiger partial charge in [0.25, 0.3) is 0 Å². The first kappa shape index (κ1) is 19.2. The van der Waals surface area contributed by atoms with E-state index in [1.807, 2.05) is 103 Å².